The van der Waals surface area contributed by atoms with Crippen molar-refractivity contribution in [2.75, 3.05) is 0 Å². The van der Waals surface area contributed by atoms with Crippen LogP contribution in [0.4, 0.5) is 0 Å². The molecule has 0 saturated carbocycles. The molecular formula is C40H27N3. The number of rotatable bonds is 1. The molecule has 0 spiro atoms. The summed E-state index contributed by atoms with van der Waals surface area (Å²) in [5, 5.41) is 9.04. The summed E-state index contributed by atoms with van der Waals surface area (Å²) in [6, 6.07) is 45.6. The van der Waals surface area contributed by atoms with Crippen LogP contribution in [-0.4, -0.2) is 15.0 Å². The summed E-state index contributed by atoms with van der Waals surface area (Å²) in [5.74, 6) is 0.675. The molecule has 6 aromatic carbocycles. The quantitative estimate of drug-likeness (QED) is 0.204. The second kappa shape index (κ2) is 8.80. The van der Waals surface area contributed by atoms with Gasteiger partial charge in [0.05, 0.1) is 0 Å². The Kier molecular flexibility index (Phi) is 4.95. The number of hydrogen-bond acceptors (Lipinski definition) is 3. The molecule has 0 amide bonds. The van der Waals surface area contributed by atoms with E-state index in [1.165, 1.54) is 43.8 Å². The maximum atomic E-state index is 5.28. The predicted octanol–water partition coefficient (Wildman–Crippen LogP) is 10.2. The van der Waals surface area contributed by atoms with Crippen molar-refractivity contribution in [3.63, 3.8) is 0 Å². The van der Waals surface area contributed by atoms with Crippen LogP contribution in [0.1, 0.15) is 25.0 Å². The van der Waals surface area contributed by atoms with Crippen LogP contribution in [0.25, 0.3) is 76.9 Å². The van der Waals surface area contributed by atoms with E-state index >= 15 is 0 Å². The van der Waals surface area contributed by atoms with Crippen LogP contribution in [0.3, 0.4) is 0 Å². The third kappa shape index (κ3) is 3.58. The Morgan fingerprint density at radius 1 is 0.465 bits per heavy atom. The van der Waals surface area contributed by atoms with Gasteiger partial charge in [-0.3, -0.25) is 0 Å². The van der Waals surface area contributed by atoms with Gasteiger partial charge in [-0.05, 0) is 78.8 Å². The Hall–Kier alpha value is -5.41. The van der Waals surface area contributed by atoms with E-state index in [0.29, 0.717) is 17.1 Å². The molecule has 3 heteroatoms. The monoisotopic (exact) mass is 549 g/mol. The molecule has 0 aliphatic heterocycles. The molecule has 0 fully saturated rings. The van der Waals surface area contributed by atoms with E-state index in [-0.39, 0.29) is 5.41 Å². The standard InChI is InChI=1S/C40H27N3/c1-40(2)33-17-7-6-16-31(33)35-34(40)23-29-19-18-28-22-32(29)36(35)39-42-37(24-10-4-3-5-11-24)41-38(43-39)30-15-9-14-27(21-30)25-12-8-13-26(28)20-25/h3-23H,1-2H3. The molecule has 2 aromatic heterocycles. The van der Waals surface area contributed by atoms with Crippen molar-refractivity contribution in [1.82, 2.24) is 15.0 Å². The Morgan fingerprint density at radius 2 is 1.09 bits per heavy atom. The molecule has 8 bridgehead atoms. The molecular weight excluding hydrogens is 522 g/mol. The molecule has 202 valence electrons. The number of benzene rings is 6. The van der Waals surface area contributed by atoms with Gasteiger partial charge in [-0.2, -0.15) is 0 Å². The zero-order valence-electron chi connectivity index (χ0n) is 24.0. The highest BCUT2D eigenvalue weighted by atomic mass is 15.0. The van der Waals surface area contributed by atoms with Gasteiger partial charge in [0.1, 0.15) is 0 Å². The van der Waals surface area contributed by atoms with Crippen molar-refractivity contribution < 1.29 is 0 Å². The average molecular weight is 550 g/mol. The van der Waals surface area contributed by atoms with Crippen LogP contribution < -0.4 is 0 Å². The van der Waals surface area contributed by atoms with Crippen molar-refractivity contribution >= 4 is 54.4 Å². The molecule has 0 atom stereocenters. The SMILES string of the molecule is CC1(C)c2ccccc2-c2c1cc1ccc3cc1c2c1nc(-c2ccccc2)nc(n1)c1cccc(c1)c1cccc3c1. The minimum atomic E-state index is -0.156. The largest absolute Gasteiger partial charge is 0.208 e. The van der Waals surface area contributed by atoms with E-state index in [2.05, 4.69) is 123 Å². The van der Waals surface area contributed by atoms with Gasteiger partial charge in [-0.15, -0.1) is 0 Å². The summed E-state index contributed by atoms with van der Waals surface area (Å²) in [4.78, 5) is 15.6. The molecule has 1 aliphatic rings. The first-order valence-electron chi connectivity index (χ1n) is 14.8. The number of nitrogens with zero attached hydrogens (tertiary/aromatic N) is 3. The van der Waals surface area contributed by atoms with E-state index in [1.807, 2.05) is 18.2 Å². The van der Waals surface area contributed by atoms with Crippen LogP contribution in [0.5, 0.6) is 0 Å². The lowest BCUT2D eigenvalue weighted by atomic mass is 9.81. The van der Waals surface area contributed by atoms with Crippen molar-refractivity contribution in [1.29, 1.82) is 0 Å². The lowest BCUT2D eigenvalue weighted by Crippen LogP contribution is -2.14. The molecule has 43 heavy (non-hydrogen) atoms. The molecule has 0 N–H and O–H groups in total. The smallest absolute Gasteiger partial charge is 0.165 e. The Balaban J connectivity index is 1.61. The topological polar surface area (TPSA) is 38.7 Å². The fourth-order valence-electron chi connectivity index (χ4n) is 7.02. The molecule has 3 nitrogen and oxygen atoms in total. The number of aromatic nitrogens is 3. The van der Waals surface area contributed by atoms with E-state index in [9.17, 15) is 0 Å². The minimum Gasteiger partial charge on any atom is -0.208 e. The van der Waals surface area contributed by atoms with Crippen molar-refractivity contribution in [3.05, 3.63) is 139 Å². The molecule has 2 heterocycles. The van der Waals surface area contributed by atoms with Crippen LogP contribution in [0, 0.1) is 0 Å². The van der Waals surface area contributed by atoms with Crippen molar-refractivity contribution in [2.45, 2.75) is 19.3 Å². The fraction of sp³-hybridized carbons (Fsp3) is 0.0750. The maximum absolute atomic E-state index is 5.28. The molecule has 9 rings (SSSR count). The second-order valence-corrected chi connectivity index (χ2v) is 12.1. The highest BCUT2D eigenvalue weighted by Crippen LogP contribution is 2.52. The average Bonchev–Trinajstić information content (AvgIpc) is 3.29. The van der Waals surface area contributed by atoms with Gasteiger partial charge in [0.25, 0.3) is 0 Å². The third-order valence-corrected chi connectivity index (χ3v) is 9.23. The van der Waals surface area contributed by atoms with Crippen LogP contribution in [0.15, 0.2) is 127 Å². The molecule has 0 saturated heterocycles. The van der Waals surface area contributed by atoms with Gasteiger partial charge in [0, 0.05) is 21.8 Å². The van der Waals surface area contributed by atoms with Crippen molar-refractivity contribution in [2.24, 2.45) is 0 Å². The first-order chi connectivity index (χ1) is 21.0. The summed E-state index contributed by atoms with van der Waals surface area (Å²) in [7, 11) is 0. The third-order valence-electron chi connectivity index (χ3n) is 9.23. The first kappa shape index (κ1) is 24.2. The normalized spacial score (nSPS) is 13.5. The minimum absolute atomic E-state index is 0.156. The lowest BCUT2D eigenvalue weighted by Gasteiger charge is -2.22. The van der Waals surface area contributed by atoms with Crippen molar-refractivity contribution in [3.8, 4) is 22.5 Å². The van der Waals surface area contributed by atoms with Gasteiger partial charge in [-0.25, -0.2) is 15.0 Å². The van der Waals surface area contributed by atoms with Gasteiger partial charge < -0.3 is 0 Å². The van der Waals surface area contributed by atoms with E-state index < -0.39 is 0 Å². The zero-order valence-corrected chi connectivity index (χ0v) is 24.0. The van der Waals surface area contributed by atoms with E-state index in [1.54, 1.807) is 0 Å². The molecule has 0 unspecified atom stereocenters. The Labute approximate surface area is 249 Å². The predicted molar refractivity (Wildman–Crippen MR) is 179 cm³/mol. The second-order valence-electron chi connectivity index (χ2n) is 12.1. The summed E-state index contributed by atoms with van der Waals surface area (Å²) in [6.07, 6.45) is 0. The highest BCUT2D eigenvalue weighted by molar-refractivity contribution is 6.17. The zero-order chi connectivity index (χ0) is 28.7. The molecule has 1 aliphatic carbocycles. The maximum Gasteiger partial charge on any atom is 0.165 e. The number of hydrogen-bond donors (Lipinski definition) is 0. The number of fused-ring (bicyclic) bond motifs is 15. The summed E-state index contributed by atoms with van der Waals surface area (Å²) >= 11 is 0. The van der Waals surface area contributed by atoms with Gasteiger partial charge in [0.15, 0.2) is 17.1 Å². The molecule has 0 radical (unpaired) electrons. The van der Waals surface area contributed by atoms with Crippen LogP contribution >= 0.6 is 0 Å². The lowest BCUT2D eigenvalue weighted by molar-refractivity contribution is 0.661. The van der Waals surface area contributed by atoms with Crippen LogP contribution in [0.2, 0.25) is 0 Å². The summed E-state index contributed by atoms with van der Waals surface area (Å²) in [6.45, 7) is 4.66. The summed E-state index contributed by atoms with van der Waals surface area (Å²) < 4.78 is 0. The van der Waals surface area contributed by atoms with Gasteiger partial charge in [0.2, 0.25) is 0 Å². The van der Waals surface area contributed by atoms with Gasteiger partial charge >= 0.3 is 0 Å². The fourth-order valence-corrected chi connectivity index (χ4v) is 7.02. The highest BCUT2D eigenvalue weighted by Gasteiger charge is 2.37. The van der Waals surface area contributed by atoms with Crippen LogP contribution in [-0.2, 0) is 5.41 Å². The Morgan fingerprint density at radius 3 is 1.88 bits per heavy atom. The van der Waals surface area contributed by atoms with E-state index in [0.717, 1.165) is 27.1 Å². The Bertz CT molecular complexity index is 2480. The summed E-state index contributed by atoms with van der Waals surface area (Å²) in [5.41, 5.74) is 7.30. The van der Waals surface area contributed by atoms with Gasteiger partial charge in [-0.1, -0.05) is 117 Å². The van der Waals surface area contributed by atoms with E-state index in [4.69, 9.17) is 15.0 Å². The first-order valence-corrected chi connectivity index (χ1v) is 14.8. The molecule has 8 aromatic rings.